The van der Waals surface area contributed by atoms with Gasteiger partial charge < -0.3 is 14.8 Å². The lowest BCUT2D eigenvalue weighted by Crippen LogP contribution is -2.37. The summed E-state index contributed by atoms with van der Waals surface area (Å²) < 4.78 is 1.97. The molecule has 1 aliphatic heterocycles. The van der Waals surface area contributed by atoms with Gasteiger partial charge in [-0.15, -0.1) is 16.8 Å². The largest absolute Gasteiger partial charge is 0.353 e. The molecule has 1 aromatic carbocycles. The molecule has 1 aromatic heterocycles. The minimum Gasteiger partial charge on any atom is -0.353 e. The van der Waals surface area contributed by atoms with Crippen LogP contribution < -0.4 is 5.32 Å². The molecule has 4 rings (SSSR count). The van der Waals surface area contributed by atoms with Crippen LogP contribution in [0.25, 0.3) is 0 Å². The molecule has 2 aliphatic rings. The summed E-state index contributed by atoms with van der Waals surface area (Å²) in [6.45, 7) is 5.02. The number of carbonyl (C=O) groups excluding carboxylic acids is 2. The average Bonchev–Trinajstić information content (AvgIpc) is 3.45. The van der Waals surface area contributed by atoms with Crippen LogP contribution in [0.15, 0.2) is 42.1 Å². The van der Waals surface area contributed by atoms with Crippen molar-refractivity contribution >= 4 is 35.2 Å². The van der Waals surface area contributed by atoms with Crippen LogP contribution in [-0.4, -0.2) is 49.8 Å². The quantitative estimate of drug-likeness (QED) is 0.433. The molecule has 2 heterocycles. The van der Waals surface area contributed by atoms with Gasteiger partial charge in [0.25, 0.3) is 5.91 Å². The van der Waals surface area contributed by atoms with Crippen molar-refractivity contribution in [2.75, 3.05) is 12.3 Å². The molecule has 176 valence electrons. The Bertz CT molecular complexity index is 1000. The summed E-state index contributed by atoms with van der Waals surface area (Å²) in [5.41, 5.74) is 0.495. The number of carbonyl (C=O) groups is 2. The van der Waals surface area contributed by atoms with Gasteiger partial charge in [0.05, 0.1) is 22.4 Å². The van der Waals surface area contributed by atoms with Gasteiger partial charge in [0.2, 0.25) is 5.91 Å². The summed E-state index contributed by atoms with van der Waals surface area (Å²) in [7, 11) is 0. The number of hydrogen-bond acceptors (Lipinski definition) is 5. The highest BCUT2D eigenvalue weighted by atomic mass is 35.5. The minimum absolute atomic E-state index is 0.0259. The summed E-state index contributed by atoms with van der Waals surface area (Å²) in [4.78, 5) is 27.5. The molecular weight excluding hydrogens is 458 g/mol. The summed E-state index contributed by atoms with van der Waals surface area (Å²) in [6, 6.07) is 7.21. The third kappa shape index (κ3) is 5.61. The second kappa shape index (κ2) is 11.2. The zero-order chi connectivity index (χ0) is 23.2. The van der Waals surface area contributed by atoms with E-state index in [9.17, 15) is 9.59 Å². The highest BCUT2D eigenvalue weighted by Gasteiger charge is 2.35. The fourth-order valence-corrected chi connectivity index (χ4v) is 5.65. The van der Waals surface area contributed by atoms with Crippen LogP contribution in [0.3, 0.4) is 0 Å². The van der Waals surface area contributed by atoms with Crippen LogP contribution in [-0.2, 0) is 11.3 Å². The fourth-order valence-electron chi connectivity index (χ4n) is 4.67. The summed E-state index contributed by atoms with van der Waals surface area (Å²) in [6.07, 6.45) is 9.21. The molecule has 1 saturated carbocycles. The van der Waals surface area contributed by atoms with Gasteiger partial charge in [0, 0.05) is 19.1 Å². The number of thioether (sulfide) groups is 1. The van der Waals surface area contributed by atoms with Crippen molar-refractivity contribution in [1.29, 1.82) is 0 Å². The predicted octanol–water partition coefficient (Wildman–Crippen LogP) is 4.64. The van der Waals surface area contributed by atoms with Crippen LogP contribution in [0.1, 0.15) is 67.2 Å². The number of hydrogen-bond donors (Lipinski definition) is 1. The van der Waals surface area contributed by atoms with Gasteiger partial charge in [0.1, 0.15) is 0 Å². The zero-order valence-corrected chi connectivity index (χ0v) is 20.3. The molecule has 1 atom stereocenters. The van der Waals surface area contributed by atoms with E-state index in [0.717, 1.165) is 31.5 Å². The van der Waals surface area contributed by atoms with Crippen molar-refractivity contribution in [3.05, 3.63) is 53.3 Å². The smallest absolute Gasteiger partial charge is 0.255 e. The Morgan fingerprint density at radius 2 is 1.94 bits per heavy atom. The SMILES string of the molecule is C=CCn1c(SCC(=O)NC2CCCCC2)nnc1C1CCCN1C(=O)c1ccccc1Cl. The van der Waals surface area contributed by atoms with Gasteiger partial charge in [0.15, 0.2) is 11.0 Å². The molecule has 2 amide bonds. The fraction of sp³-hybridized carbons (Fsp3) is 0.500. The monoisotopic (exact) mass is 487 g/mol. The Hall–Kier alpha value is -2.32. The number of benzene rings is 1. The van der Waals surface area contributed by atoms with Crippen LogP contribution >= 0.6 is 23.4 Å². The molecule has 0 radical (unpaired) electrons. The molecule has 9 heteroatoms. The molecule has 1 aliphatic carbocycles. The van der Waals surface area contributed by atoms with Gasteiger partial charge in [-0.25, -0.2) is 0 Å². The molecular formula is C24H30ClN5O2S. The average molecular weight is 488 g/mol. The maximum atomic E-state index is 13.2. The van der Waals surface area contributed by atoms with E-state index in [1.165, 1.54) is 31.0 Å². The van der Waals surface area contributed by atoms with Crippen LogP contribution in [0.2, 0.25) is 5.02 Å². The van der Waals surface area contributed by atoms with Crippen LogP contribution in [0.5, 0.6) is 0 Å². The second-order valence-corrected chi connectivity index (χ2v) is 9.92. The van der Waals surface area contributed by atoms with E-state index in [1.807, 2.05) is 21.6 Å². The lowest BCUT2D eigenvalue weighted by molar-refractivity contribution is -0.119. The molecule has 0 bridgehead atoms. The van der Waals surface area contributed by atoms with Gasteiger partial charge in [-0.05, 0) is 37.8 Å². The van der Waals surface area contributed by atoms with Crippen molar-refractivity contribution in [2.24, 2.45) is 0 Å². The van der Waals surface area contributed by atoms with Gasteiger partial charge in [-0.2, -0.15) is 0 Å². The van der Waals surface area contributed by atoms with Crippen molar-refractivity contribution in [1.82, 2.24) is 25.0 Å². The molecule has 1 N–H and O–H groups in total. The molecule has 1 unspecified atom stereocenters. The molecule has 2 aromatic rings. The van der Waals surface area contributed by atoms with E-state index < -0.39 is 0 Å². The van der Waals surface area contributed by atoms with Crippen LogP contribution in [0, 0.1) is 0 Å². The molecule has 0 spiro atoms. The maximum Gasteiger partial charge on any atom is 0.255 e. The highest BCUT2D eigenvalue weighted by Crippen LogP contribution is 2.34. The Morgan fingerprint density at radius 3 is 2.70 bits per heavy atom. The summed E-state index contributed by atoms with van der Waals surface area (Å²) in [5, 5.41) is 13.1. The standard InChI is InChI=1S/C24H30ClN5O2S/c1-2-14-30-22(20-13-8-15-29(20)23(32)18-11-6-7-12-19(18)25)27-28-24(30)33-16-21(31)26-17-9-4-3-5-10-17/h2,6-7,11-12,17,20H,1,3-5,8-10,13-16H2,(H,26,31). The third-order valence-corrected chi connectivity index (χ3v) is 7.57. The molecule has 7 nitrogen and oxygen atoms in total. The lowest BCUT2D eigenvalue weighted by Gasteiger charge is -2.25. The van der Waals surface area contributed by atoms with E-state index >= 15 is 0 Å². The van der Waals surface area contributed by atoms with E-state index in [4.69, 9.17) is 11.6 Å². The first-order valence-corrected chi connectivity index (χ1v) is 13.0. The van der Waals surface area contributed by atoms with Crippen molar-refractivity contribution in [3.63, 3.8) is 0 Å². The number of allylic oxidation sites excluding steroid dienone is 1. The first-order chi connectivity index (χ1) is 16.1. The van der Waals surface area contributed by atoms with Crippen molar-refractivity contribution < 1.29 is 9.59 Å². The maximum absolute atomic E-state index is 13.2. The third-order valence-electron chi connectivity index (χ3n) is 6.28. The van der Waals surface area contributed by atoms with Crippen molar-refractivity contribution in [3.8, 4) is 0 Å². The molecule has 2 fully saturated rings. The van der Waals surface area contributed by atoms with Gasteiger partial charge in [-0.1, -0.05) is 60.8 Å². The number of aromatic nitrogens is 3. The minimum atomic E-state index is -0.188. The normalized spacial score (nSPS) is 18.9. The van der Waals surface area contributed by atoms with Crippen LogP contribution in [0.4, 0.5) is 0 Å². The van der Waals surface area contributed by atoms with Gasteiger partial charge in [-0.3, -0.25) is 9.59 Å². The van der Waals surface area contributed by atoms with E-state index in [0.29, 0.717) is 34.6 Å². The van der Waals surface area contributed by atoms with Gasteiger partial charge >= 0.3 is 0 Å². The first kappa shape index (κ1) is 23.8. The molecule has 33 heavy (non-hydrogen) atoms. The van der Waals surface area contributed by atoms with E-state index in [-0.39, 0.29) is 23.9 Å². The Labute approximate surface area is 204 Å². The number of likely N-dealkylation sites (tertiary alicyclic amines) is 1. The number of nitrogens with zero attached hydrogens (tertiary/aromatic N) is 4. The molecule has 1 saturated heterocycles. The second-order valence-electron chi connectivity index (χ2n) is 8.57. The number of nitrogens with one attached hydrogen (secondary N) is 1. The summed E-state index contributed by atoms with van der Waals surface area (Å²) >= 11 is 7.66. The summed E-state index contributed by atoms with van der Waals surface area (Å²) in [5.74, 6) is 0.942. The highest BCUT2D eigenvalue weighted by molar-refractivity contribution is 7.99. The number of amides is 2. The Balaban J connectivity index is 1.47. The van der Waals surface area contributed by atoms with Crippen molar-refractivity contribution in [2.45, 2.75) is 68.7 Å². The number of halogens is 1. The first-order valence-electron chi connectivity index (χ1n) is 11.6. The predicted molar refractivity (Wildman–Crippen MR) is 130 cm³/mol. The number of rotatable bonds is 8. The van der Waals surface area contributed by atoms with E-state index in [2.05, 4.69) is 22.1 Å². The zero-order valence-electron chi connectivity index (χ0n) is 18.7. The van der Waals surface area contributed by atoms with E-state index in [1.54, 1.807) is 18.2 Å². The topological polar surface area (TPSA) is 80.1 Å². The lowest BCUT2D eigenvalue weighted by atomic mass is 9.95. The Kier molecular flexibility index (Phi) is 8.09. The Morgan fingerprint density at radius 1 is 1.15 bits per heavy atom.